The molecule has 1 spiro atoms. The Morgan fingerprint density at radius 1 is 1.04 bits per heavy atom. The molecule has 0 unspecified atom stereocenters. The number of carbonyl (C=O) groups is 2. The van der Waals surface area contributed by atoms with Gasteiger partial charge in [0.25, 0.3) is 5.91 Å². The summed E-state index contributed by atoms with van der Waals surface area (Å²) in [4.78, 5) is 29.2. The predicted molar refractivity (Wildman–Crippen MR) is 111 cm³/mol. The van der Waals surface area contributed by atoms with Crippen LogP contribution in [0.1, 0.15) is 28.8 Å². The zero-order valence-electron chi connectivity index (χ0n) is 14.9. The maximum Gasteiger partial charge on any atom is 0.255 e. The van der Waals surface area contributed by atoms with Gasteiger partial charge in [-0.2, -0.15) is 0 Å². The molecule has 4 nitrogen and oxygen atoms in total. The van der Waals surface area contributed by atoms with Crippen LogP contribution in [0.15, 0.2) is 59.1 Å². The number of benzene rings is 2. The molecule has 0 aliphatic carbocycles. The molecule has 6 heteroatoms. The first kappa shape index (κ1) is 18.6. The molecule has 4 rings (SSSR count). The van der Waals surface area contributed by atoms with Gasteiger partial charge in [0.15, 0.2) is 0 Å². The number of piperidine rings is 1. The van der Waals surface area contributed by atoms with Crippen LogP contribution in [0, 0.1) is 0 Å². The smallest absolute Gasteiger partial charge is 0.255 e. The number of carbonyl (C=O) groups excluding carboxylic acids is 2. The third-order valence-corrected chi connectivity index (χ3v) is 7.63. The summed E-state index contributed by atoms with van der Waals surface area (Å²) in [5.41, 5.74) is 1.85. The Bertz CT molecular complexity index is 850. The molecule has 0 bridgehead atoms. The first-order valence-corrected chi connectivity index (χ1v) is 10.9. The second-order valence-electron chi connectivity index (χ2n) is 6.97. The zero-order valence-corrected chi connectivity index (χ0v) is 17.3. The van der Waals surface area contributed by atoms with Gasteiger partial charge in [0, 0.05) is 24.1 Å². The van der Waals surface area contributed by atoms with Crippen molar-refractivity contribution in [2.75, 3.05) is 18.8 Å². The first-order chi connectivity index (χ1) is 13.1. The van der Waals surface area contributed by atoms with E-state index in [1.54, 1.807) is 11.8 Å². The maximum absolute atomic E-state index is 12.9. The molecule has 0 N–H and O–H groups in total. The molecule has 2 amide bonds. The average molecular weight is 445 g/mol. The second-order valence-corrected chi connectivity index (χ2v) is 9.16. The molecule has 0 saturated carbocycles. The van der Waals surface area contributed by atoms with Gasteiger partial charge in [-0.05, 0) is 46.5 Å². The van der Waals surface area contributed by atoms with Crippen molar-refractivity contribution in [3.8, 4) is 0 Å². The van der Waals surface area contributed by atoms with Crippen LogP contribution < -0.4 is 0 Å². The molecule has 2 heterocycles. The highest BCUT2D eigenvalue weighted by Crippen LogP contribution is 2.45. The van der Waals surface area contributed by atoms with Crippen LogP contribution in [0.3, 0.4) is 0 Å². The van der Waals surface area contributed by atoms with E-state index in [1.165, 1.54) is 0 Å². The van der Waals surface area contributed by atoms with Gasteiger partial charge >= 0.3 is 0 Å². The van der Waals surface area contributed by atoms with E-state index in [0.717, 1.165) is 22.9 Å². The van der Waals surface area contributed by atoms with E-state index in [2.05, 4.69) is 28.1 Å². The van der Waals surface area contributed by atoms with E-state index in [-0.39, 0.29) is 16.7 Å². The fourth-order valence-electron chi connectivity index (χ4n) is 3.86. The summed E-state index contributed by atoms with van der Waals surface area (Å²) < 4.78 is 0.825. The SMILES string of the molecule is O=C(c1ccccc1Br)N1CCC2(CC1)SCC(=O)N2Cc1ccccc1. The van der Waals surface area contributed by atoms with Gasteiger partial charge in [0.05, 0.1) is 16.2 Å². The minimum absolute atomic E-state index is 0.0567. The molecular formula is C21H21BrN2O2S. The van der Waals surface area contributed by atoms with Crippen LogP contribution in [0.4, 0.5) is 0 Å². The molecular weight excluding hydrogens is 424 g/mol. The maximum atomic E-state index is 12.9. The number of amides is 2. The summed E-state index contributed by atoms with van der Waals surface area (Å²) in [7, 11) is 0. The first-order valence-electron chi connectivity index (χ1n) is 9.11. The lowest BCUT2D eigenvalue weighted by atomic mass is 10.00. The zero-order chi connectivity index (χ0) is 18.9. The summed E-state index contributed by atoms with van der Waals surface area (Å²) >= 11 is 5.22. The Balaban J connectivity index is 1.47. The lowest BCUT2D eigenvalue weighted by Gasteiger charge is -2.44. The van der Waals surface area contributed by atoms with Crippen molar-refractivity contribution >= 4 is 39.5 Å². The van der Waals surface area contributed by atoms with Gasteiger partial charge < -0.3 is 9.80 Å². The number of thioether (sulfide) groups is 1. The molecule has 0 radical (unpaired) electrons. The van der Waals surface area contributed by atoms with E-state index in [0.29, 0.717) is 31.0 Å². The van der Waals surface area contributed by atoms with Gasteiger partial charge in [0.1, 0.15) is 0 Å². The third kappa shape index (κ3) is 3.65. The number of nitrogens with zero attached hydrogens (tertiary/aromatic N) is 2. The van der Waals surface area contributed by atoms with E-state index >= 15 is 0 Å². The van der Waals surface area contributed by atoms with Crippen LogP contribution in [-0.2, 0) is 11.3 Å². The number of hydrogen-bond acceptors (Lipinski definition) is 3. The Hall–Kier alpha value is -1.79. The standard InChI is InChI=1S/C21H21BrN2O2S/c22-18-9-5-4-8-17(18)20(26)23-12-10-21(11-13-23)24(19(25)15-27-21)14-16-6-2-1-3-7-16/h1-9H,10-15H2. The topological polar surface area (TPSA) is 40.6 Å². The van der Waals surface area contributed by atoms with Crippen molar-refractivity contribution in [1.29, 1.82) is 0 Å². The molecule has 2 fully saturated rings. The molecule has 2 saturated heterocycles. The Morgan fingerprint density at radius 2 is 1.70 bits per heavy atom. The van der Waals surface area contributed by atoms with Crippen molar-refractivity contribution < 1.29 is 9.59 Å². The van der Waals surface area contributed by atoms with Crippen molar-refractivity contribution in [2.45, 2.75) is 24.3 Å². The largest absolute Gasteiger partial charge is 0.338 e. The Labute approximate surface area is 172 Å². The summed E-state index contributed by atoms with van der Waals surface area (Å²) in [5, 5.41) is 0. The molecule has 2 aliphatic rings. The van der Waals surface area contributed by atoms with E-state index in [4.69, 9.17) is 0 Å². The van der Waals surface area contributed by atoms with Gasteiger partial charge in [-0.1, -0.05) is 42.5 Å². The normalized spacial score (nSPS) is 18.9. The number of halogens is 1. The quantitative estimate of drug-likeness (QED) is 0.713. The Kier molecular flexibility index (Phi) is 5.28. The summed E-state index contributed by atoms with van der Waals surface area (Å²) in [6.45, 7) is 1.99. The van der Waals surface area contributed by atoms with Crippen molar-refractivity contribution in [3.05, 3.63) is 70.2 Å². The molecule has 0 aromatic heterocycles. The molecule has 140 valence electrons. The van der Waals surface area contributed by atoms with Gasteiger partial charge in [-0.25, -0.2) is 0 Å². The van der Waals surface area contributed by atoms with Crippen molar-refractivity contribution in [1.82, 2.24) is 9.80 Å². The second kappa shape index (κ2) is 7.68. The lowest BCUT2D eigenvalue weighted by molar-refractivity contribution is -0.131. The van der Waals surface area contributed by atoms with Crippen LogP contribution >= 0.6 is 27.7 Å². The average Bonchev–Trinajstić information content (AvgIpc) is 2.99. The van der Waals surface area contributed by atoms with E-state index < -0.39 is 0 Å². The van der Waals surface area contributed by atoms with Crippen LogP contribution in [0.5, 0.6) is 0 Å². The number of hydrogen-bond donors (Lipinski definition) is 0. The summed E-state index contributed by atoms with van der Waals surface area (Å²) in [5.74, 6) is 0.793. The molecule has 2 aromatic carbocycles. The van der Waals surface area contributed by atoms with Crippen LogP contribution in [-0.4, -0.2) is 45.3 Å². The number of likely N-dealkylation sites (tertiary alicyclic amines) is 1. The fourth-order valence-corrected chi connectivity index (χ4v) is 5.65. The summed E-state index contributed by atoms with van der Waals surface area (Å²) in [6, 6.07) is 17.7. The highest BCUT2D eigenvalue weighted by atomic mass is 79.9. The van der Waals surface area contributed by atoms with E-state index in [9.17, 15) is 9.59 Å². The fraction of sp³-hybridized carbons (Fsp3) is 0.333. The Morgan fingerprint density at radius 3 is 2.41 bits per heavy atom. The highest BCUT2D eigenvalue weighted by molar-refractivity contribution is 9.10. The minimum Gasteiger partial charge on any atom is -0.338 e. The van der Waals surface area contributed by atoms with Crippen molar-refractivity contribution in [2.24, 2.45) is 0 Å². The molecule has 0 atom stereocenters. The minimum atomic E-state index is -0.183. The van der Waals surface area contributed by atoms with E-state index in [1.807, 2.05) is 52.3 Å². The highest BCUT2D eigenvalue weighted by Gasteiger charge is 2.48. The van der Waals surface area contributed by atoms with Crippen LogP contribution in [0.2, 0.25) is 0 Å². The van der Waals surface area contributed by atoms with Gasteiger partial charge in [-0.15, -0.1) is 11.8 Å². The van der Waals surface area contributed by atoms with Crippen LogP contribution in [0.25, 0.3) is 0 Å². The van der Waals surface area contributed by atoms with Gasteiger partial charge in [0.2, 0.25) is 5.91 Å². The third-order valence-electron chi connectivity index (χ3n) is 5.38. The summed E-state index contributed by atoms with van der Waals surface area (Å²) in [6.07, 6.45) is 1.62. The predicted octanol–water partition coefficient (Wildman–Crippen LogP) is 4.16. The molecule has 27 heavy (non-hydrogen) atoms. The molecule has 2 aliphatic heterocycles. The lowest BCUT2D eigenvalue weighted by Crippen LogP contribution is -2.52. The van der Waals surface area contributed by atoms with Crippen molar-refractivity contribution in [3.63, 3.8) is 0 Å². The van der Waals surface area contributed by atoms with Gasteiger partial charge in [-0.3, -0.25) is 9.59 Å². The molecule has 2 aromatic rings. The monoisotopic (exact) mass is 444 g/mol. The number of rotatable bonds is 3.